The van der Waals surface area contributed by atoms with Crippen molar-refractivity contribution in [2.24, 2.45) is 0 Å². The third kappa shape index (κ3) is 5.82. The van der Waals surface area contributed by atoms with E-state index in [1.54, 1.807) is 35.3 Å². The van der Waals surface area contributed by atoms with Gasteiger partial charge in [-0.25, -0.2) is 23.1 Å². The van der Waals surface area contributed by atoms with Crippen molar-refractivity contribution in [2.75, 3.05) is 17.7 Å². The Morgan fingerprint density at radius 2 is 1.78 bits per heavy atom. The zero-order valence-corrected chi connectivity index (χ0v) is 23.4. The van der Waals surface area contributed by atoms with E-state index in [0.29, 0.717) is 22.1 Å². The second-order valence-electron chi connectivity index (χ2n) is 9.63. The van der Waals surface area contributed by atoms with Crippen LogP contribution in [0.1, 0.15) is 25.1 Å². The standard InChI is InChI=1S/C26H22ClF3N6O4S/c1-25(2)23(37)36(18-11-19(26(28,29)30)21(12-31)32-14-18)24(38)35(25)9-5-4-8-34-15-17(13-33-34)16-6-7-22(20(27)10-16)41(3,39)40/h4-7,10-11,13-15H,8-9H2,1-3H3. The second-order valence-corrected chi connectivity index (χ2v) is 12.0. The molecule has 0 radical (unpaired) electrons. The molecule has 0 aliphatic carbocycles. The van der Waals surface area contributed by atoms with E-state index in [4.69, 9.17) is 16.9 Å². The molecule has 4 rings (SSSR count). The molecule has 2 aromatic heterocycles. The lowest BCUT2D eigenvalue weighted by Gasteiger charge is -2.26. The van der Waals surface area contributed by atoms with Crippen LogP contribution in [0.4, 0.5) is 23.7 Å². The smallest absolute Gasteiger partial charge is 0.306 e. The number of nitriles is 1. The lowest BCUT2D eigenvalue weighted by Crippen LogP contribution is -2.44. The fraction of sp³-hybridized carbons (Fsp3) is 0.269. The number of carbonyl (C=O) groups is 2. The molecule has 41 heavy (non-hydrogen) atoms. The number of hydrogen-bond donors (Lipinski definition) is 0. The number of carbonyl (C=O) groups excluding carboxylic acids is 2. The van der Waals surface area contributed by atoms with Gasteiger partial charge in [0.15, 0.2) is 15.5 Å². The molecule has 0 N–H and O–H groups in total. The molecule has 1 aliphatic rings. The van der Waals surface area contributed by atoms with Crippen molar-refractivity contribution in [1.29, 1.82) is 5.26 Å². The number of nitrogens with zero attached hydrogens (tertiary/aromatic N) is 6. The van der Waals surface area contributed by atoms with Crippen molar-refractivity contribution in [3.63, 3.8) is 0 Å². The molecule has 1 aliphatic heterocycles. The first kappa shape index (κ1) is 29.8. The van der Waals surface area contributed by atoms with E-state index < -0.39 is 44.7 Å². The number of allylic oxidation sites excluding steroid dienone is 1. The predicted molar refractivity (Wildman–Crippen MR) is 143 cm³/mol. The highest BCUT2D eigenvalue weighted by Gasteiger charge is 2.52. The van der Waals surface area contributed by atoms with Crippen molar-refractivity contribution in [2.45, 2.75) is 37.0 Å². The minimum atomic E-state index is -4.91. The number of hydrogen-bond acceptors (Lipinski definition) is 7. The molecule has 1 fully saturated rings. The number of rotatable bonds is 7. The van der Waals surface area contributed by atoms with Gasteiger partial charge in [0.05, 0.1) is 40.1 Å². The molecule has 3 heterocycles. The Morgan fingerprint density at radius 1 is 1.10 bits per heavy atom. The van der Waals surface area contributed by atoms with Crippen molar-refractivity contribution in [1.82, 2.24) is 19.7 Å². The van der Waals surface area contributed by atoms with Gasteiger partial charge in [0.25, 0.3) is 5.91 Å². The van der Waals surface area contributed by atoms with Gasteiger partial charge in [-0.15, -0.1) is 0 Å². The molecule has 0 unspecified atom stereocenters. The van der Waals surface area contributed by atoms with Gasteiger partial charge in [0.1, 0.15) is 11.6 Å². The summed E-state index contributed by atoms with van der Waals surface area (Å²) in [7, 11) is -3.47. The number of halogens is 4. The van der Waals surface area contributed by atoms with Crippen LogP contribution in [-0.4, -0.2) is 58.4 Å². The number of anilines is 1. The van der Waals surface area contributed by atoms with Gasteiger partial charge in [-0.05, 0) is 37.6 Å². The molecule has 0 bridgehead atoms. The fourth-order valence-electron chi connectivity index (χ4n) is 4.21. The summed E-state index contributed by atoms with van der Waals surface area (Å²) in [5, 5.41) is 13.3. The quantitative estimate of drug-likeness (QED) is 0.282. The summed E-state index contributed by atoms with van der Waals surface area (Å²) in [4.78, 5) is 31.6. The number of sulfone groups is 1. The summed E-state index contributed by atoms with van der Waals surface area (Å²) in [6.07, 6.45) is 3.64. The van der Waals surface area contributed by atoms with Gasteiger partial charge in [0.2, 0.25) is 0 Å². The molecule has 1 saturated heterocycles. The van der Waals surface area contributed by atoms with Crippen LogP contribution in [-0.2, 0) is 27.4 Å². The molecule has 15 heteroatoms. The SMILES string of the molecule is CC1(C)C(=O)N(c2cnc(C#N)c(C(F)(F)F)c2)C(=O)N1CC=CCn1cc(-c2ccc(S(C)(=O)=O)c(Cl)c2)cn1. The number of alkyl halides is 3. The number of amides is 3. The Bertz CT molecular complexity index is 1730. The summed E-state index contributed by atoms with van der Waals surface area (Å²) < 4.78 is 65.4. The largest absolute Gasteiger partial charge is 0.419 e. The first-order valence-corrected chi connectivity index (χ1v) is 14.1. The van der Waals surface area contributed by atoms with E-state index in [-0.39, 0.29) is 28.7 Å². The van der Waals surface area contributed by atoms with E-state index in [0.717, 1.165) is 12.5 Å². The highest BCUT2D eigenvalue weighted by Crippen LogP contribution is 2.37. The Kier molecular flexibility index (Phi) is 7.72. The molecule has 3 aromatic rings. The van der Waals surface area contributed by atoms with Crippen LogP contribution in [0.15, 0.2) is 59.9 Å². The molecule has 214 valence electrons. The van der Waals surface area contributed by atoms with Gasteiger partial charge >= 0.3 is 12.2 Å². The Hall–Kier alpha value is -4.22. The molecule has 3 amide bonds. The van der Waals surface area contributed by atoms with Crippen LogP contribution in [0.25, 0.3) is 11.1 Å². The molecule has 10 nitrogen and oxygen atoms in total. The molecule has 0 saturated carbocycles. The van der Waals surface area contributed by atoms with Gasteiger partial charge in [-0.1, -0.05) is 29.8 Å². The Morgan fingerprint density at radius 3 is 2.39 bits per heavy atom. The Balaban J connectivity index is 1.47. The number of urea groups is 1. The van der Waals surface area contributed by atoms with Gasteiger partial charge in [-0.3, -0.25) is 9.48 Å². The monoisotopic (exact) mass is 606 g/mol. The zero-order valence-electron chi connectivity index (χ0n) is 21.8. The van der Waals surface area contributed by atoms with E-state index >= 15 is 0 Å². The number of pyridine rings is 1. The normalized spacial score (nSPS) is 15.7. The minimum absolute atomic E-state index is 0.0194. The minimum Gasteiger partial charge on any atom is -0.306 e. The average molecular weight is 607 g/mol. The summed E-state index contributed by atoms with van der Waals surface area (Å²) >= 11 is 6.13. The van der Waals surface area contributed by atoms with Crippen LogP contribution in [0.2, 0.25) is 5.02 Å². The highest BCUT2D eigenvalue weighted by molar-refractivity contribution is 7.90. The fourth-order valence-corrected chi connectivity index (χ4v) is 5.54. The van der Waals surface area contributed by atoms with Gasteiger partial charge in [0, 0.05) is 24.6 Å². The molecule has 0 atom stereocenters. The maximum Gasteiger partial charge on any atom is 0.419 e. The van der Waals surface area contributed by atoms with Crippen molar-refractivity contribution < 1.29 is 31.2 Å². The molecule has 1 aromatic carbocycles. The third-order valence-corrected chi connectivity index (χ3v) is 7.99. The van der Waals surface area contributed by atoms with Crippen molar-refractivity contribution >= 4 is 39.1 Å². The summed E-state index contributed by atoms with van der Waals surface area (Å²) in [6.45, 7) is 3.20. The van der Waals surface area contributed by atoms with Crippen molar-refractivity contribution in [3.05, 3.63) is 71.3 Å². The molecule has 0 spiro atoms. The maximum atomic E-state index is 13.4. The predicted octanol–water partition coefficient (Wildman–Crippen LogP) is 4.70. The van der Waals surface area contributed by atoms with E-state index in [1.807, 2.05) is 0 Å². The average Bonchev–Trinajstić information content (AvgIpc) is 3.41. The number of imide groups is 1. The third-order valence-electron chi connectivity index (χ3n) is 6.41. The van der Waals surface area contributed by atoms with E-state index in [9.17, 15) is 31.2 Å². The molecular weight excluding hydrogens is 585 g/mol. The van der Waals surface area contributed by atoms with Crippen LogP contribution in [0.3, 0.4) is 0 Å². The second kappa shape index (κ2) is 10.6. The van der Waals surface area contributed by atoms with Gasteiger partial charge in [-0.2, -0.15) is 23.5 Å². The lowest BCUT2D eigenvalue weighted by atomic mass is 10.0. The first-order valence-electron chi connectivity index (χ1n) is 11.9. The van der Waals surface area contributed by atoms with E-state index in [1.165, 1.54) is 36.9 Å². The van der Waals surface area contributed by atoms with Gasteiger partial charge < -0.3 is 4.90 Å². The highest BCUT2D eigenvalue weighted by atomic mass is 35.5. The molecular formula is C26H22ClF3N6O4S. The summed E-state index contributed by atoms with van der Waals surface area (Å²) in [6, 6.07) is 5.65. The van der Waals surface area contributed by atoms with Crippen LogP contribution >= 0.6 is 11.6 Å². The number of aromatic nitrogens is 3. The maximum absolute atomic E-state index is 13.4. The topological polar surface area (TPSA) is 129 Å². The first-order chi connectivity index (χ1) is 19.1. The Labute approximate surface area is 238 Å². The van der Waals surface area contributed by atoms with E-state index in [2.05, 4.69) is 10.1 Å². The number of benzene rings is 1. The zero-order chi connectivity index (χ0) is 30.3. The van der Waals surface area contributed by atoms with Crippen LogP contribution in [0.5, 0.6) is 0 Å². The van der Waals surface area contributed by atoms with Crippen LogP contribution in [0, 0.1) is 11.3 Å². The van der Waals surface area contributed by atoms with Crippen LogP contribution < -0.4 is 4.90 Å². The summed E-state index contributed by atoms with van der Waals surface area (Å²) in [5.41, 5.74) is -2.63. The van der Waals surface area contributed by atoms with Crippen molar-refractivity contribution in [3.8, 4) is 17.2 Å². The lowest BCUT2D eigenvalue weighted by molar-refractivity contribution is -0.138. The summed E-state index contributed by atoms with van der Waals surface area (Å²) in [5.74, 6) is -0.743.